The van der Waals surface area contributed by atoms with E-state index in [-0.39, 0.29) is 11.7 Å². The molecule has 9 heteroatoms. The number of piperazine rings is 1. The van der Waals surface area contributed by atoms with Crippen LogP contribution in [0.3, 0.4) is 0 Å². The Hall–Kier alpha value is -2.45. The number of amides is 2. The smallest absolute Gasteiger partial charge is 0.410 e. The number of carbonyl (C=O) groups excluding carboxylic acids is 2. The van der Waals surface area contributed by atoms with E-state index in [1.165, 1.54) is 12.1 Å². The van der Waals surface area contributed by atoms with Crippen LogP contribution in [0.4, 0.5) is 23.7 Å². The summed E-state index contributed by atoms with van der Waals surface area (Å²) in [6.45, 7) is 6.28. The lowest BCUT2D eigenvalue weighted by molar-refractivity contribution is -0.123. The number of hydrogen-bond donors (Lipinski definition) is 1. The molecule has 1 N–H and O–H groups in total. The maximum absolute atomic E-state index is 12.2. The lowest BCUT2D eigenvalue weighted by Crippen LogP contribution is -2.50. The predicted octanol–water partition coefficient (Wildman–Crippen LogP) is 3.04. The summed E-state index contributed by atoms with van der Waals surface area (Å²) in [6, 6.07) is 6.35. The molecule has 0 unspecified atom stereocenters. The molecule has 0 radical (unpaired) electrons. The highest BCUT2D eigenvalue weighted by Crippen LogP contribution is 2.19. The molecule has 1 aromatic rings. The summed E-state index contributed by atoms with van der Waals surface area (Å²) in [4.78, 5) is 27.5. The van der Waals surface area contributed by atoms with E-state index in [2.05, 4.69) is 0 Å². The van der Waals surface area contributed by atoms with Crippen LogP contribution >= 0.6 is 0 Å². The van der Waals surface area contributed by atoms with Gasteiger partial charge in [0, 0.05) is 37.4 Å². The minimum Gasteiger partial charge on any atom is -0.444 e. The average molecular weight is 387 g/mol. The lowest BCUT2D eigenvalue weighted by atomic mass is 10.1. The molecular weight excluding hydrogens is 363 g/mol. The van der Waals surface area contributed by atoms with Crippen molar-refractivity contribution in [1.29, 1.82) is 0 Å². The number of anilines is 1. The first-order chi connectivity index (χ1) is 12.4. The van der Waals surface area contributed by atoms with E-state index in [1.807, 2.05) is 31.0 Å². The van der Waals surface area contributed by atoms with E-state index in [9.17, 15) is 22.8 Å². The average Bonchev–Trinajstić information content (AvgIpc) is 2.58. The highest BCUT2D eigenvalue weighted by molar-refractivity contribution is 5.94. The molecule has 2 rings (SSSR count). The second-order valence-corrected chi connectivity index (χ2v) is 7.30. The molecule has 1 saturated heterocycles. The van der Waals surface area contributed by atoms with Gasteiger partial charge in [-0.1, -0.05) is 0 Å². The number of carbonyl (C=O) groups is 2. The van der Waals surface area contributed by atoms with Crippen LogP contribution in [0, 0.1) is 0 Å². The molecule has 0 saturated carbocycles. The van der Waals surface area contributed by atoms with Crippen LogP contribution in [0.1, 0.15) is 31.1 Å². The van der Waals surface area contributed by atoms with Gasteiger partial charge in [0.05, 0.1) is 0 Å². The van der Waals surface area contributed by atoms with E-state index in [1.54, 1.807) is 17.0 Å². The topological polar surface area (TPSA) is 61.9 Å². The second kappa shape index (κ2) is 8.06. The predicted molar refractivity (Wildman–Crippen MR) is 94.9 cm³/mol. The summed E-state index contributed by atoms with van der Waals surface area (Å²) in [5, 5.41) is 1.84. The Balaban J connectivity index is 1.88. The molecule has 1 aliphatic rings. The van der Waals surface area contributed by atoms with E-state index in [0.29, 0.717) is 26.2 Å². The maximum atomic E-state index is 12.2. The third kappa shape index (κ3) is 6.65. The first kappa shape index (κ1) is 20.9. The highest BCUT2D eigenvalue weighted by Gasteiger charge is 2.28. The van der Waals surface area contributed by atoms with Crippen molar-refractivity contribution in [1.82, 2.24) is 10.2 Å². The standard InChI is InChI=1S/C18H24F3N3O3/c1-17(2,3)27-16(26)24-10-8-23(9-11-24)14-6-4-13(5-7-14)15(25)22-12-18(19,20)21/h4-7H,8-12H2,1-3H3,(H,22,25). The molecule has 0 aromatic heterocycles. The summed E-state index contributed by atoms with van der Waals surface area (Å²) >= 11 is 0. The first-order valence-corrected chi connectivity index (χ1v) is 8.62. The summed E-state index contributed by atoms with van der Waals surface area (Å²) in [5.74, 6) is -0.770. The van der Waals surface area contributed by atoms with Crippen molar-refractivity contribution < 1.29 is 27.5 Å². The Morgan fingerprint density at radius 3 is 2.07 bits per heavy atom. The fourth-order valence-electron chi connectivity index (χ4n) is 2.58. The Morgan fingerprint density at radius 1 is 1.04 bits per heavy atom. The lowest BCUT2D eigenvalue weighted by Gasteiger charge is -2.36. The van der Waals surface area contributed by atoms with Crippen molar-refractivity contribution in [2.24, 2.45) is 0 Å². The van der Waals surface area contributed by atoms with Gasteiger partial charge in [0.15, 0.2) is 0 Å². The molecule has 0 aliphatic carbocycles. The van der Waals surface area contributed by atoms with E-state index < -0.39 is 24.2 Å². The van der Waals surface area contributed by atoms with Crippen molar-refractivity contribution >= 4 is 17.7 Å². The van der Waals surface area contributed by atoms with Gasteiger partial charge >= 0.3 is 12.3 Å². The molecule has 6 nitrogen and oxygen atoms in total. The van der Waals surface area contributed by atoms with E-state index in [0.717, 1.165) is 5.69 Å². The molecule has 0 spiro atoms. The van der Waals surface area contributed by atoms with Gasteiger partial charge in [-0.25, -0.2) is 4.79 Å². The third-order valence-corrected chi connectivity index (χ3v) is 3.88. The summed E-state index contributed by atoms with van der Waals surface area (Å²) in [6.07, 6.45) is -4.79. The van der Waals surface area contributed by atoms with Crippen molar-refractivity contribution in [2.75, 3.05) is 37.6 Å². The van der Waals surface area contributed by atoms with Crippen LogP contribution in [0.5, 0.6) is 0 Å². The molecule has 27 heavy (non-hydrogen) atoms. The van der Waals surface area contributed by atoms with Crippen molar-refractivity contribution in [3.05, 3.63) is 29.8 Å². The number of nitrogens with one attached hydrogen (secondary N) is 1. The highest BCUT2D eigenvalue weighted by atomic mass is 19.4. The Morgan fingerprint density at radius 2 is 1.59 bits per heavy atom. The van der Waals surface area contributed by atoms with Crippen LogP contribution in [-0.4, -0.2) is 61.4 Å². The Labute approximate surface area is 156 Å². The molecule has 0 atom stereocenters. The van der Waals surface area contributed by atoms with E-state index >= 15 is 0 Å². The first-order valence-electron chi connectivity index (χ1n) is 8.62. The van der Waals surface area contributed by atoms with Gasteiger partial charge in [-0.2, -0.15) is 13.2 Å². The quantitative estimate of drug-likeness (QED) is 0.866. The number of ether oxygens (including phenoxy) is 1. The number of rotatable bonds is 3. The van der Waals surface area contributed by atoms with Crippen LogP contribution in [0.15, 0.2) is 24.3 Å². The molecule has 1 fully saturated rings. The zero-order chi connectivity index (χ0) is 20.2. The molecule has 1 aromatic carbocycles. The molecule has 1 heterocycles. The molecule has 0 bridgehead atoms. The fraction of sp³-hybridized carbons (Fsp3) is 0.556. The summed E-state index contributed by atoms with van der Waals surface area (Å²) in [7, 11) is 0. The van der Waals surface area contributed by atoms with Crippen molar-refractivity contribution in [3.8, 4) is 0 Å². The number of alkyl halides is 3. The third-order valence-electron chi connectivity index (χ3n) is 3.88. The summed E-state index contributed by atoms with van der Waals surface area (Å²) in [5.41, 5.74) is 0.457. The number of halogens is 3. The van der Waals surface area contributed by atoms with Gasteiger partial charge in [0.25, 0.3) is 5.91 Å². The molecule has 150 valence electrons. The van der Waals surface area contributed by atoms with Crippen LogP contribution in [-0.2, 0) is 4.74 Å². The maximum Gasteiger partial charge on any atom is 0.410 e. The monoisotopic (exact) mass is 387 g/mol. The van der Waals surface area contributed by atoms with Gasteiger partial charge in [-0.05, 0) is 45.0 Å². The van der Waals surface area contributed by atoms with Crippen molar-refractivity contribution in [2.45, 2.75) is 32.5 Å². The van der Waals surface area contributed by atoms with Crippen LogP contribution in [0.25, 0.3) is 0 Å². The number of benzene rings is 1. The molecule has 1 aliphatic heterocycles. The van der Waals surface area contributed by atoms with Crippen LogP contribution < -0.4 is 10.2 Å². The van der Waals surface area contributed by atoms with Gasteiger partial charge in [0.1, 0.15) is 12.1 Å². The zero-order valence-corrected chi connectivity index (χ0v) is 15.6. The normalized spacial score (nSPS) is 15.5. The van der Waals surface area contributed by atoms with Crippen molar-refractivity contribution in [3.63, 3.8) is 0 Å². The fourth-order valence-corrected chi connectivity index (χ4v) is 2.58. The molecular formula is C18H24F3N3O3. The Kier molecular flexibility index (Phi) is 6.22. The largest absolute Gasteiger partial charge is 0.444 e. The van der Waals surface area contributed by atoms with Gasteiger partial charge in [-0.3, -0.25) is 4.79 Å². The summed E-state index contributed by atoms with van der Waals surface area (Å²) < 4.78 is 41.8. The SMILES string of the molecule is CC(C)(C)OC(=O)N1CCN(c2ccc(C(=O)NCC(F)(F)F)cc2)CC1. The minimum atomic E-state index is -4.44. The van der Waals surface area contributed by atoms with Gasteiger partial charge < -0.3 is 19.9 Å². The zero-order valence-electron chi connectivity index (χ0n) is 15.6. The Bertz CT molecular complexity index is 661. The van der Waals surface area contributed by atoms with Crippen LogP contribution in [0.2, 0.25) is 0 Å². The number of nitrogens with zero attached hydrogens (tertiary/aromatic N) is 2. The number of hydrogen-bond acceptors (Lipinski definition) is 4. The minimum absolute atomic E-state index is 0.162. The van der Waals surface area contributed by atoms with Gasteiger partial charge in [-0.15, -0.1) is 0 Å². The second-order valence-electron chi connectivity index (χ2n) is 7.30. The van der Waals surface area contributed by atoms with Gasteiger partial charge in [0.2, 0.25) is 0 Å². The van der Waals surface area contributed by atoms with E-state index in [4.69, 9.17) is 4.74 Å². The molecule has 2 amide bonds.